The van der Waals surface area contributed by atoms with Gasteiger partial charge in [0, 0.05) is 19.3 Å². The number of ether oxygens (including phenoxy) is 1. The Kier molecular flexibility index (Phi) is 4.42. The van der Waals surface area contributed by atoms with Crippen LogP contribution in [0.25, 0.3) is 0 Å². The molecule has 2 aromatic carbocycles. The monoisotopic (exact) mass is 289 g/mol. The van der Waals surface area contributed by atoms with Crippen molar-refractivity contribution in [3.8, 4) is 5.75 Å². The lowest BCUT2D eigenvalue weighted by Gasteiger charge is -2.20. The van der Waals surface area contributed by atoms with Crippen molar-refractivity contribution >= 4 is 11.7 Å². The summed E-state index contributed by atoms with van der Waals surface area (Å²) in [6.07, 6.45) is 0. The van der Waals surface area contributed by atoms with Gasteiger partial charge in [0.25, 0.3) is 0 Å². The first-order valence-corrected chi connectivity index (χ1v) is 6.37. The number of carboxylic acid groups (broad SMARTS) is 1. The van der Waals surface area contributed by atoms with Crippen LogP contribution in [-0.4, -0.2) is 25.2 Å². The number of halogens is 1. The highest BCUT2D eigenvalue weighted by molar-refractivity contribution is 5.87. The topological polar surface area (TPSA) is 49.8 Å². The van der Waals surface area contributed by atoms with E-state index >= 15 is 0 Å². The molecule has 0 saturated heterocycles. The lowest BCUT2D eigenvalue weighted by Crippen LogP contribution is -2.16. The molecule has 0 unspecified atom stereocenters. The molecule has 0 atom stereocenters. The second-order valence-corrected chi connectivity index (χ2v) is 4.71. The summed E-state index contributed by atoms with van der Waals surface area (Å²) in [6, 6.07) is 11.3. The lowest BCUT2D eigenvalue weighted by molar-refractivity contribution is 0.0696. The van der Waals surface area contributed by atoms with Crippen LogP contribution in [0.3, 0.4) is 0 Å². The third-order valence-corrected chi connectivity index (χ3v) is 3.14. The van der Waals surface area contributed by atoms with E-state index in [1.807, 2.05) is 36.2 Å². The van der Waals surface area contributed by atoms with Gasteiger partial charge in [0.2, 0.25) is 0 Å². The zero-order chi connectivity index (χ0) is 15.4. The molecule has 0 heterocycles. The Morgan fingerprint density at radius 3 is 2.48 bits per heavy atom. The fourth-order valence-corrected chi connectivity index (χ4v) is 2.07. The average Bonchev–Trinajstić information content (AvgIpc) is 2.46. The first-order valence-electron chi connectivity index (χ1n) is 6.37. The van der Waals surface area contributed by atoms with E-state index in [9.17, 15) is 9.18 Å². The van der Waals surface area contributed by atoms with Gasteiger partial charge >= 0.3 is 5.97 Å². The van der Waals surface area contributed by atoms with E-state index in [0.29, 0.717) is 12.1 Å². The summed E-state index contributed by atoms with van der Waals surface area (Å²) < 4.78 is 18.5. The van der Waals surface area contributed by atoms with E-state index in [-0.39, 0.29) is 5.56 Å². The average molecular weight is 289 g/mol. The summed E-state index contributed by atoms with van der Waals surface area (Å²) in [6.45, 7) is 0.407. The van der Waals surface area contributed by atoms with Crippen molar-refractivity contribution in [2.75, 3.05) is 19.1 Å². The van der Waals surface area contributed by atoms with Crippen molar-refractivity contribution in [1.29, 1.82) is 0 Å². The van der Waals surface area contributed by atoms with Gasteiger partial charge in [0.15, 0.2) is 0 Å². The van der Waals surface area contributed by atoms with Crippen LogP contribution in [0.1, 0.15) is 15.9 Å². The third-order valence-electron chi connectivity index (χ3n) is 3.14. The minimum atomic E-state index is -1.14. The Balaban J connectivity index is 2.18. The van der Waals surface area contributed by atoms with Crippen molar-refractivity contribution in [2.45, 2.75) is 6.54 Å². The number of carboxylic acids is 1. The summed E-state index contributed by atoms with van der Waals surface area (Å²) in [5, 5.41) is 8.95. The highest BCUT2D eigenvalue weighted by atomic mass is 19.1. The van der Waals surface area contributed by atoms with Gasteiger partial charge < -0.3 is 14.7 Å². The number of hydrogen-bond acceptors (Lipinski definition) is 3. The normalized spacial score (nSPS) is 10.2. The lowest BCUT2D eigenvalue weighted by atomic mass is 10.1. The van der Waals surface area contributed by atoms with Gasteiger partial charge in [0.05, 0.1) is 12.7 Å². The van der Waals surface area contributed by atoms with Crippen LogP contribution in [0.4, 0.5) is 10.1 Å². The molecule has 0 fully saturated rings. The summed E-state index contributed by atoms with van der Waals surface area (Å²) in [5.74, 6) is -0.929. The SMILES string of the molecule is COc1ccc(N(C)Cc2cc(F)cc(C(=O)O)c2)cc1. The minimum absolute atomic E-state index is 0.0480. The second-order valence-electron chi connectivity index (χ2n) is 4.71. The number of carbonyl (C=O) groups is 1. The molecule has 0 bridgehead atoms. The van der Waals surface area contributed by atoms with E-state index in [1.165, 1.54) is 12.1 Å². The van der Waals surface area contributed by atoms with Gasteiger partial charge in [-0.1, -0.05) is 0 Å². The van der Waals surface area contributed by atoms with Gasteiger partial charge in [-0.3, -0.25) is 0 Å². The Labute approximate surface area is 122 Å². The molecule has 2 aromatic rings. The highest BCUT2D eigenvalue weighted by Crippen LogP contribution is 2.20. The molecule has 110 valence electrons. The number of nitrogens with zero attached hydrogens (tertiary/aromatic N) is 1. The quantitative estimate of drug-likeness (QED) is 0.918. The van der Waals surface area contributed by atoms with Gasteiger partial charge in [-0.05, 0) is 48.0 Å². The fraction of sp³-hybridized carbons (Fsp3) is 0.188. The van der Waals surface area contributed by atoms with E-state index in [0.717, 1.165) is 17.5 Å². The molecule has 0 aromatic heterocycles. The van der Waals surface area contributed by atoms with Crippen LogP contribution in [-0.2, 0) is 6.54 Å². The molecule has 4 nitrogen and oxygen atoms in total. The van der Waals surface area contributed by atoms with Crippen LogP contribution >= 0.6 is 0 Å². The minimum Gasteiger partial charge on any atom is -0.497 e. The smallest absolute Gasteiger partial charge is 0.335 e. The van der Waals surface area contributed by atoms with Crippen LogP contribution in [0.15, 0.2) is 42.5 Å². The number of methoxy groups -OCH3 is 1. The Morgan fingerprint density at radius 1 is 1.24 bits per heavy atom. The molecule has 5 heteroatoms. The molecular weight excluding hydrogens is 273 g/mol. The van der Waals surface area contributed by atoms with Gasteiger partial charge in [0.1, 0.15) is 11.6 Å². The van der Waals surface area contributed by atoms with E-state index in [4.69, 9.17) is 9.84 Å². The molecule has 21 heavy (non-hydrogen) atoms. The third kappa shape index (κ3) is 3.72. The molecule has 0 aliphatic heterocycles. The van der Waals surface area contributed by atoms with Gasteiger partial charge in [-0.25, -0.2) is 9.18 Å². The highest BCUT2D eigenvalue weighted by Gasteiger charge is 2.09. The summed E-state index contributed by atoms with van der Waals surface area (Å²) in [7, 11) is 3.45. The number of anilines is 1. The number of aromatic carboxylic acids is 1. The Bertz CT molecular complexity index is 640. The van der Waals surface area contributed by atoms with E-state index in [2.05, 4.69) is 0 Å². The van der Waals surface area contributed by atoms with Gasteiger partial charge in [-0.15, -0.1) is 0 Å². The molecule has 0 aliphatic carbocycles. The molecule has 2 rings (SSSR count). The van der Waals surface area contributed by atoms with Gasteiger partial charge in [-0.2, -0.15) is 0 Å². The first kappa shape index (κ1) is 14.8. The Hall–Kier alpha value is -2.56. The zero-order valence-corrected chi connectivity index (χ0v) is 11.8. The van der Waals surface area contributed by atoms with Crippen LogP contribution in [0.2, 0.25) is 0 Å². The molecule has 0 aliphatic rings. The first-order chi connectivity index (χ1) is 9.99. The molecular formula is C16H16FNO3. The zero-order valence-electron chi connectivity index (χ0n) is 11.8. The van der Waals surface area contributed by atoms with Crippen molar-refractivity contribution < 1.29 is 19.0 Å². The Morgan fingerprint density at radius 2 is 1.90 bits per heavy atom. The predicted octanol–water partition coefficient (Wildman–Crippen LogP) is 3.17. The second kappa shape index (κ2) is 6.26. The fourth-order valence-electron chi connectivity index (χ4n) is 2.07. The van der Waals surface area contributed by atoms with Crippen LogP contribution in [0.5, 0.6) is 5.75 Å². The standard InChI is InChI=1S/C16H16FNO3/c1-18(14-3-5-15(21-2)6-4-14)10-11-7-12(16(19)20)9-13(17)8-11/h3-9H,10H2,1-2H3,(H,19,20). The van der Waals surface area contributed by atoms with Crippen molar-refractivity contribution in [2.24, 2.45) is 0 Å². The summed E-state index contributed by atoms with van der Waals surface area (Å²) in [5.41, 5.74) is 1.48. The molecule has 0 spiro atoms. The number of hydrogen-bond donors (Lipinski definition) is 1. The maximum absolute atomic E-state index is 13.4. The van der Waals surface area contributed by atoms with Crippen LogP contribution in [0, 0.1) is 5.82 Å². The predicted molar refractivity (Wildman–Crippen MR) is 78.5 cm³/mol. The maximum Gasteiger partial charge on any atom is 0.335 e. The largest absolute Gasteiger partial charge is 0.497 e. The molecule has 0 radical (unpaired) electrons. The number of benzene rings is 2. The van der Waals surface area contributed by atoms with E-state index in [1.54, 1.807) is 7.11 Å². The van der Waals surface area contributed by atoms with Crippen molar-refractivity contribution in [1.82, 2.24) is 0 Å². The summed E-state index contributed by atoms with van der Waals surface area (Å²) >= 11 is 0. The van der Waals surface area contributed by atoms with Crippen LogP contribution < -0.4 is 9.64 Å². The summed E-state index contributed by atoms with van der Waals surface area (Å²) in [4.78, 5) is 12.8. The molecule has 0 saturated carbocycles. The van der Waals surface area contributed by atoms with Crippen molar-refractivity contribution in [3.63, 3.8) is 0 Å². The molecule has 1 N–H and O–H groups in total. The number of rotatable bonds is 5. The maximum atomic E-state index is 13.4. The van der Waals surface area contributed by atoms with Crippen molar-refractivity contribution in [3.05, 3.63) is 59.4 Å². The van der Waals surface area contributed by atoms with E-state index < -0.39 is 11.8 Å². The molecule has 0 amide bonds.